The number of anilines is 1. The normalized spacial score (nSPS) is 17.8. The van der Waals surface area contributed by atoms with E-state index < -0.39 is 0 Å². The van der Waals surface area contributed by atoms with Gasteiger partial charge < -0.3 is 4.74 Å². The Kier molecular flexibility index (Phi) is 4.17. The molecule has 3 rings (SSSR count). The maximum atomic E-state index is 11.9. The number of aromatic nitrogens is 1. The quantitative estimate of drug-likeness (QED) is 0.757. The fraction of sp³-hybridized carbons (Fsp3) is 0.222. The molecule has 1 aromatic carbocycles. The van der Waals surface area contributed by atoms with E-state index in [1.54, 1.807) is 11.1 Å². The molecule has 1 amide bonds. The van der Waals surface area contributed by atoms with Gasteiger partial charge in [-0.2, -0.15) is 0 Å². The van der Waals surface area contributed by atoms with E-state index in [1.165, 1.54) is 0 Å². The van der Waals surface area contributed by atoms with Crippen molar-refractivity contribution in [3.8, 4) is 11.8 Å². The highest BCUT2D eigenvalue weighted by Crippen LogP contribution is 2.16. The smallest absolute Gasteiger partial charge is 0.254 e. The minimum absolute atomic E-state index is 0.0250. The van der Waals surface area contributed by atoms with Gasteiger partial charge in [-0.15, -0.1) is 0 Å². The third-order valence-corrected chi connectivity index (χ3v) is 3.38. The SMILES string of the molecule is CC1CN(c2ccc(C#Cc3ccccc3)cn2)C(=O)CO1. The van der Waals surface area contributed by atoms with Crippen LogP contribution in [0.4, 0.5) is 5.82 Å². The lowest BCUT2D eigenvalue weighted by Gasteiger charge is -2.30. The molecule has 0 bridgehead atoms. The Morgan fingerprint density at radius 2 is 1.91 bits per heavy atom. The van der Waals surface area contributed by atoms with Gasteiger partial charge in [-0.05, 0) is 31.2 Å². The predicted octanol–water partition coefficient (Wildman–Crippen LogP) is 2.23. The molecule has 4 heteroatoms. The van der Waals surface area contributed by atoms with Crippen LogP contribution in [0.1, 0.15) is 18.1 Å². The van der Waals surface area contributed by atoms with Gasteiger partial charge in [-0.3, -0.25) is 9.69 Å². The molecule has 22 heavy (non-hydrogen) atoms. The van der Waals surface area contributed by atoms with Gasteiger partial charge in [0, 0.05) is 17.3 Å². The van der Waals surface area contributed by atoms with E-state index in [4.69, 9.17) is 4.74 Å². The highest BCUT2D eigenvalue weighted by atomic mass is 16.5. The van der Waals surface area contributed by atoms with Crippen molar-refractivity contribution in [1.82, 2.24) is 4.98 Å². The van der Waals surface area contributed by atoms with E-state index in [0.717, 1.165) is 11.1 Å². The van der Waals surface area contributed by atoms with Crippen molar-refractivity contribution in [2.24, 2.45) is 0 Å². The van der Waals surface area contributed by atoms with Crippen molar-refractivity contribution in [3.63, 3.8) is 0 Å². The van der Waals surface area contributed by atoms with Crippen molar-refractivity contribution >= 4 is 11.7 Å². The average Bonchev–Trinajstić information content (AvgIpc) is 2.57. The lowest BCUT2D eigenvalue weighted by molar-refractivity contribution is -0.128. The Hall–Kier alpha value is -2.64. The molecule has 0 N–H and O–H groups in total. The number of benzene rings is 1. The van der Waals surface area contributed by atoms with Crippen LogP contribution in [0.2, 0.25) is 0 Å². The molecule has 1 aliphatic rings. The van der Waals surface area contributed by atoms with Gasteiger partial charge in [0.25, 0.3) is 5.91 Å². The molecular weight excluding hydrogens is 276 g/mol. The Labute approximate surface area is 129 Å². The number of nitrogens with zero attached hydrogens (tertiary/aromatic N) is 2. The average molecular weight is 292 g/mol. The van der Waals surface area contributed by atoms with E-state index in [0.29, 0.717) is 12.4 Å². The summed E-state index contributed by atoms with van der Waals surface area (Å²) in [5.74, 6) is 6.74. The molecule has 0 radical (unpaired) electrons. The summed E-state index contributed by atoms with van der Waals surface area (Å²) in [5, 5.41) is 0. The number of rotatable bonds is 1. The Balaban J connectivity index is 1.76. The number of amides is 1. The first-order chi connectivity index (χ1) is 10.7. The molecule has 0 aliphatic carbocycles. The Bertz CT molecular complexity index is 714. The summed E-state index contributed by atoms with van der Waals surface area (Å²) < 4.78 is 5.31. The number of hydrogen-bond donors (Lipinski definition) is 0. The molecule has 1 atom stereocenters. The highest BCUT2D eigenvalue weighted by Gasteiger charge is 2.25. The second-order valence-corrected chi connectivity index (χ2v) is 5.15. The van der Waals surface area contributed by atoms with Crippen molar-refractivity contribution in [3.05, 3.63) is 59.8 Å². The molecule has 2 heterocycles. The summed E-state index contributed by atoms with van der Waals surface area (Å²) >= 11 is 0. The highest BCUT2D eigenvalue weighted by molar-refractivity contribution is 5.94. The third kappa shape index (κ3) is 3.33. The molecule has 1 aromatic heterocycles. The maximum Gasteiger partial charge on any atom is 0.254 e. The van der Waals surface area contributed by atoms with E-state index in [9.17, 15) is 4.79 Å². The van der Waals surface area contributed by atoms with Gasteiger partial charge in [0.05, 0.1) is 12.6 Å². The number of pyridine rings is 1. The first kappa shape index (κ1) is 14.3. The van der Waals surface area contributed by atoms with Gasteiger partial charge in [-0.25, -0.2) is 4.98 Å². The van der Waals surface area contributed by atoms with Crippen LogP contribution >= 0.6 is 0 Å². The largest absolute Gasteiger partial charge is 0.367 e. The second-order valence-electron chi connectivity index (χ2n) is 5.15. The minimum atomic E-state index is -0.0614. The minimum Gasteiger partial charge on any atom is -0.367 e. The number of ether oxygens (including phenoxy) is 1. The zero-order valence-corrected chi connectivity index (χ0v) is 12.3. The standard InChI is InChI=1S/C18H16N2O2/c1-14-12-20(18(21)13-22-14)17-10-9-16(11-19-17)8-7-15-5-3-2-4-6-15/h2-6,9-11,14H,12-13H2,1H3. The van der Waals surface area contributed by atoms with Gasteiger partial charge in [-0.1, -0.05) is 30.0 Å². The summed E-state index contributed by atoms with van der Waals surface area (Å²) in [4.78, 5) is 17.9. The predicted molar refractivity (Wildman–Crippen MR) is 84.4 cm³/mol. The number of hydrogen-bond acceptors (Lipinski definition) is 3. The van der Waals surface area contributed by atoms with Crippen molar-refractivity contribution in [2.45, 2.75) is 13.0 Å². The van der Waals surface area contributed by atoms with Crippen LogP contribution in [-0.4, -0.2) is 30.1 Å². The van der Waals surface area contributed by atoms with E-state index in [-0.39, 0.29) is 18.6 Å². The fourth-order valence-electron chi connectivity index (χ4n) is 2.21. The van der Waals surface area contributed by atoms with Gasteiger partial charge in [0.1, 0.15) is 12.4 Å². The summed E-state index contributed by atoms with van der Waals surface area (Å²) in [6.45, 7) is 2.58. The molecule has 1 unspecified atom stereocenters. The van der Waals surface area contributed by atoms with E-state index in [1.807, 2.05) is 49.4 Å². The molecule has 110 valence electrons. The van der Waals surface area contributed by atoms with Gasteiger partial charge in [0.15, 0.2) is 0 Å². The second kappa shape index (κ2) is 6.42. The number of morpholine rings is 1. The van der Waals surface area contributed by atoms with Crippen molar-refractivity contribution < 1.29 is 9.53 Å². The molecule has 1 fully saturated rings. The van der Waals surface area contributed by atoms with E-state index >= 15 is 0 Å². The lowest BCUT2D eigenvalue weighted by Crippen LogP contribution is -2.46. The molecule has 1 aliphatic heterocycles. The molecule has 1 saturated heterocycles. The topological polar surface area (TPSA) is 42.4 Å². The summed E-state index contributed by atoms with van der Waals surface area (Å²) in [6, 6.07) is 13.5. The van der Waals surface area contributed by atoms with Crippen LogP contribution in [-0.2, 0) is 9.53 Å². The fourth-order valence-corrected chi connectivity index (χ4v) is 2.21. The summed E-state index contributed by atoms with van der Waals surface area (Å²) in [7, 11) is 0. The molecule has 0 spiro atoms. The van der Waals surface area contributed by atoms with Crippen LogP contribution in [0.5, 0.6) is 0 Å². The third-order valence-electron chi connectivity index (χ3n) is 3.38. The lowest BCUT2D eigenvalue weighted by atomic mass is 10.2. The monoisotopic (exact) mass is 292 g/mol. The maximum absolute atomic E-state index is 11.9. The van der Waals surface area contributed by atoms with Crippen LogP contribution in [0.25, 0.3) is 0 Å². The molecular formula is C18H16N2O2. The zero-order valence-electron chi connectivity index (χ0n) is 12.3. The molecule has 2 aromatic rings. The van der Waals surface area contributed by atoms with Crippen molar-refractivity contribution in [2.75, 3.05) is 18.1 Å². The van der Waals surface area contributed by atoms with Crippen LogP contribution in [0, 0.1) is 11.8 Å². The van der Waals surface area contributed by atoms with Crippen LogP contribution in [0.3, 0.4) is 0 Å². The Morgan fingerprint density at radius 1 is 1.14 bits per heavy atom. The van der Waals surface area contributed by atoms with Crippen molar-refractivity contribution in [1.29, 1.82) is 0 Å². The first-order valence-electron chi connectivity index (χ1n) is 7.17. The summed E-state index contributed by atoms with van der Waals surface area (Å²) in [5.41, 5.74) is 1.78. The first-order valence-corrected chi connectivity index (χ1v) is 7.17. The number of carbonyl (C=O) groups excluding carboxylic acids is 1. The number of carbonyl (C=O) groups is 1. The van der Waals surface area contributed by atoms with Crippen LogP contribution in [0.15, 0.2) is 48.7 Å². The zero-order chi connectivity index (χ0) is 15.4. The summed E-state index contributed by atoms with van der Waals surface area (Å²) in [6.07, 6.45) is 1.72. The molecule has 4 nitrogen and oxygen atoms in total. The van der Waals surface area contributed by atoms with Crippen LogP contribution < -0.4 is 4.90 Å². The Morgan fingerprint density at radius 3 is 2.64 bits per heavy atom. The molecule has 0 saturated carbocycles. The van der Waals surface area contributed by atoms with Gasteiger partial charge >= 0.3 is 0 Å². The van der Waals surface area contributed by atoms with Gasteiger partial charge in [0.2, 0.25) is 0 Å². The van der Waals surface area contributed by atoms with E-state index in [2.05, 4.69) is 16.8 Å².